The minimum absolute atomic E-state index is 0.909. The molecule has 4 nitrogen and oxygen atoms in total. The largest absolute Gasteiger partial charge is 0.254 e. The molecule has 51 heavy (non-hydrogen) atoms. The molecule has 0 aliphatic heterocycles. The highest BCUT2D eigenvalue weighted by atomic mass is 15.2. The van der Waals surface area contributed by atoms with Crippen LogP contribution >= 0.6 is 0 Å². The van der Waals surface area contributed by atoms with E-state index >= 15 is 0 Å². The number of benzene rings is 6. The Labute approximate surface area is 295 Å². The third kappa shape index (κ3) is 4.72. The van der Waals surface area contributed by atoms with Crippen molar-refractivity contribution in [1.29, 1.82) is 0 Å². The Morgan fingerprint density at radius 1 is 0.392 bits per heavy atom. The number of hydrogen-bond donors (Lipinski definition) is 0. The summed E-state index contributed by atoms with van der Waals surface area (Å²) in [7, 11) is 0. The van der Waals surface area contributed by atoms with Crippen molar-refractivity contribution >= 4 is 38.1 Å². The van der Waals surface area contributed by atoms with Crippen LogP contribution in [-0.2, 0) is 0 Å². The van der Waals surface area contributed by atoms with E-state index in [9.17, 15) is 0 Å². The topological polar surface area (TPSA) is 43.1 Å². The van der Waals surface area contributed by atoms with Gasteiger partial charge in [-0.15, -0.1) is 0 Å². The van der Waals surface area contributed by atoms with Crippen LogP contribution in [-0.4, -0.2) is 19.6 Å². The summed E-state index contributed by atoms with van der Waals surface area (Å²) in [5, 5.41) is 10.0. The quantitative estimate of drug-likeness (QED) is 0.174. The fourth-order valence-electron chi connectivity index (χ4n) is 7.66. The first-order chi connectivity index (χ1) is 25.3. The number of rotatable bonds is 5. The smallest absolute Gasteiger partial charge is 0.101 e. The van der Waals surface area contributed by atoms with Gasteiger partial charge in [0.15, 0.2) is 0 Å². The number of nitrogens with zero attached hydrogens (tertiary/aromatic N) is 4. The van der Waals surface area contributed by atoms with Gasteiger partial charge in [-0.25, -0.2) is 4.52 Å². The molecule has 4 heteroatoms. The lowest BCUT2D eigenvalue weighted by atomic mass is 9.89. The molecule has 0 saturated heterocycles. The molecule has 0 unspecified atom stereocenters. The van der Waals surface area contributed by atoms with Crippen molar-refractivity contribution < 1.29 is 0 Å². The SMILES string of the molecule is c1ccc(-c2nn3c(-c4ccccc4)c(-c4cccc(-c5cc6cccnc6c6ncccc56)c4)c4ccccc4c3c2-c2ccccc2)cc1. The number of fused-ring (bicyclic) bond motifs is 6. The first-order valence-electron chi connectivity index (χ1n) is 17.2. The van der Waals surface area contributed by atoms with Crippen LogP contribution in [0.5, 0.6) is 0 Å². The highest BCUT2D eigenvalue weighted by Crippen LogP contribution is 2.46. The van der Waals surface area contributed by atoms with Crippen LogP contribution in [0.15, 0.2) is 182 Å². The Bertz CT molecular complexity index is 2900. The van der Waals surface area contributed by atoms with Gasteiger partial charge in [0.2, 0.25) is 0 Å². The molecule has 6 aromatic carbocycles. The average Bonchev–Trinajstić information content (AvgIpc) is 3.62. The molecule has 0 aliphatic rings. The van der Waals surface area contributed by atoms with E-state index in [2.05, 4.69) is 162 Å². The third-order valence-corrected chi connectivity index (χ3v) is 9.87. The molecule has 0 aliphatic carbocycles. The predicted molar refractivity (Wildman–Crippen MR) is 210 cm³/mol. The van der Waals surface area contributed by atoms with Crippen LogP contribution in [0.1, 0.15) is 0 Å². The number of pyridine rings is 3. The van der Waals surface area contributed by atoms with E-state index in [-0.39, 0.29) is 0 Å². The zero-order valence-electron chi connectivity index (χ0n) is 27.6. The van der Waals surface area contributed by atoms with Gasteiger partial charge in [-0.2, -0.15) is 5.10 Å². The Hall–Kier alpha value is -6.91. The Morgan fingerprint density at radius 3 is 1.75 bits per heavy atom. The molecule has 4 heterocycles. The lowest BCUT2D eigenvalue weighted by Gasteiger charge is -2.18. The van der Waals surface area contributed by atoms with Crippen LogP contribution < -0.4 is 0 Å². The normalized spacial score (nSPS) is 11.5. The Morgan fingerprint density at radius 2 is 0.980 bits per heavy atom. The molecule has 4 aromatic heterocycles. The fourth-order valence-corrected chi connectivity index (χ4v) is 7.66. The van der Waals surface area contributed by atoms with Crippen molar-refractivity contribution in [1.82, 2.24) is 19.6 Å². The molecular formula is C47H30N4. The summed E-state index contributed by atoms with van der Waals surface area (Å²) in [6.07, 6.45) is 3.69. The van der Waals surface area contributed by atoms with Crippen LogP contribution in [0.4, 0.5) is 0 Å². The van der Waals surface area contributed by atoms with Gasteiger partial charge in [-0.05, 0) is 51.9 Å². The summed E-state index contributed by atoms with van der Waals surface area (Å²) in [4.78, 5) is 9.49. The second-order valence-corrected chi connectivity index (χ2v) is 12.8. The predicted octanol–water partition coefficient (Wildman–Crippen LogP) is 11.9. The van der Waals surface area contributed by atoms with Gasteiger partial charge in [0.25, 0.3) is 0 Å². The Balaban J connectivity index is 1.33. The first kappa shape index (κ1) is 29.0. The highest BCUT2D eigenvalue weighted by Gasteiger charge is 2.25. The van der Waals surface area contributed by atoms with Crippen LogP contribution in [0.3, 0.4) is 0 Å². The molecule has 0 spiro atoms. The second kappa shape index (κ2) is 11.9. The molecule has 0 saturated carbocycles. The van der Waals surface area contributed by atoms with Crippen molar-refractivity contribution in [3.8, 4) is 55.9 Å². The van der Waals surface area contributed by atoms with Gasteiger partial charge in [-0.1, -0.05) is 146 Å². The maximum absolute atomic E-state index is 5.53. The van der Waals surface area contributed by atoms with Gasteiger partial charge in [-0.3, -0.25) is 9.97 Å². The van der Waals surface area contributed by atoms with Crippen molar-refractivity contribution in [3.63, 3.8) is 0 Å². The van der Waals surface area contributed by atoms with Gasteiger partial charge >= 0.3 is 0 Å². The third-order valence-electron chi connectivity index (χ3n) is 9.87. The van der Waals surface area contributed by atoms with Gasteiger partial charge in [0.1, 0.15) is 5.69 Å². The maximum Gasteiger partial charge on any atom is 0.101 e. The van der Waals surface area contributed by atoms with Crippen molar-refractivity contribution in [2.75, 3.05) is 0 Å². The summed E-state index contributed by atoms with van der Waals surface area (Å²) in [5.74, 6) is 0. The minimum atomic E-state index is 0.909. The first-order valence-corrected chi connectivity index (χ1v) is 17.2. The van der Waals surface area contributed by atoms with E-state index in [0.29, 0.717) is 0 Å². The Kier molecular flexibility index (Phi) is 6.78. The molecule has 0 fully saturated rings. The lowest BCUT2D eigenvalue weighted by Crippen LogP contribution is -2.00. The van der Waals surface area contributed by atoms with Gasteiger partial charge in [0, 0.05) is 50.8 Å². The molecular weight excluding hydrogens is 621 g/mol. The molecule has 0 radical (unpaired) electrons. The maximum atomic E-state index is 5.53. The second-order valence-electron chi connectivity index (χ2n) is 12.8. The molecule has 10 aromatic rings. The van der Waals surface area contributed by atoms with E-state index in [1.807, 2.05) is 24.5 Å². The minimum Gasteiger partial charge on any atom is -0.254 e. The zero-order chi connectivity index (χ0) is 33.7. The van der Waals surface area contributed by atoms with Crippen LogP contribution in [0.25, 0.3) is 94.0 Å². The molecule has 0 atom stereocenters. The van der Waals surface area contributed by atoms with E-state index in [4.69, 9.17) is 15.1 Å². The van der Waals surface area contributed by atoms with E-state index in [1.54, 1.807) is 0 Å². The number of aromatic nitrogens is 4. The van der Waals surface area contributed by atoms with E-state index in [0.717, 1.165) is 88.6 Å². The van der Waals surface area contributed by atoms with Crippen molar-refractivity contribution in [3.05, 3.63) is 182 Å². The summed E-state index contributed by atoms with van der Waals surface area (Å²) in [6.45, 7) is 0. The molecule has 238 valence electrons. The molecule has 10 rings (SSSR count). The summed E-state index contributed by atoms with van der Waals surface area (Å²) in [6, 6.07) is 60.1. The van der Waals surface area contributed by atoms with E-state index < -0.39 is 0 Å². The fraction of sp³-hybridized carbons (Fsp3) is 0. The highest BCUT2D eigenvalue weighted by molar-refractivity contribution is 6.15. The van der Waals surface area contributed by atoms with Crippen LogP contribution in [0, 0.1) is 0 Å². The van der Waals surface area contributed by atoms with Gasteiger partial charge < -0.3 is 0 Å². The molecule has 0 bridgehead atoms. The van der Waals surface area contributed by atoms with Crippen LogP contribution in [0.2, 0.25) is 0 Å². The molecule has 0 amide bonds. The molecule has 0 N–H and O–H groups in total. The van der Waals surface area contributed by atoms with Crippen molar-refractivity contribution in [2.24, 2.45) is 0 Å². The average molecular weight is 651 g/mol. The lowest BCUT2D eigenvalue weighted by molar-refractivity contribution is 0.981. The summed E-state index contributed by atoms with van der Waals surface area (Å²) >= 11 is 0. The summed E-state index contributed by atoms with van der Waals surface area (Å²) < 4.78 is 2.20. The van der Waals surface area contributed by atoms with Gasteiger partial charge in [0.05, 0.1) is 22.2 Å². The monoisotopic (exact) mass is 650 g/mol. The number of hydrogen-bond acceptors (Lipinski definition) is 3. The summed E-state index contributed by atoms with van der Waals surface area (Å²) in [5.41, 5.74) is 13.9. The standard InChI is InChI=1S/C47H30N4/c1-4-15-31(16-5-1)42-43(32-17-6-2-7-18-32)50-51-46(33-19-8-3-9-20-33)41(37-24-10-11-25-39(37)47(42)51)35-22-12-21-34(29-35)40-30-36-23-13-27-48-44(36)45-38(40)26-14-28-49-45/h1-30H. The van der Waals surface area contributed by atoms with E-state index in [1.165, 1.54) is 5.39 Å². The zero-order valence-corrected chi connectivity index (χ0v) is 27.6. The van der Waals surface area contributed by atoms with Crippen molar-refractivity contribution in [2.45, 2.75) is 0 Å².